The molecule has 2 rings (SSSR count). The van der Waals surface area contributed by atoms with Gasteiger partial charge in [0.05, 0.1) is 17.4 Å². The minimum Gasteiger partial charge on any atom is -0.307 e. The molecule has 0 radical (unpaired) electrons. The summed E-state index contributed by atoms with van der Waals surface area (Å²) in [4.78, 5) is 36.3. The van der Waals surface area contributed by atoms with Gasteiger partial charge in [-0.3, -0.25) is 9.36 Å². The summed E-state index contributed by atoms with van der Waals surface area (Å²) < 4.78 is 0.880. The second-order valence-corrected chi connectivity index (χ2v) is 3.56. The van der Waals surface area contributed by atoms with Crippen LogP contribution in [0.3, 0.4) is 0 Å². The summed E-state index contributed by atoms with van der Waals surface area (Å²) in [5.41, 5.74) is 0.453. The van der Waals surface area contributed by atoms with Crippen LogP contribution < -0.4 is 11.2 Å². The van der Waals surface area contributed by atoms with Gasteiger partial charge in [0.15, 0.2) is 0 Å². The highest BCUT2D eigenvalue weighted by Gasteiger charge is 2.06. The molecular weight excluding hydrogens is 208 g/mol. The Morgan fingerprint density at radius 3 is 2.81 bits per heavy atom. The van der Waals surface area contributed by atoms with E-state index in [0.717, 1.165) is 10.1 Å². The van der Waals surface area contributed by atoms with Crippen LogP contribution in [0.1, 0.15) is 5.56 Å². The predicted molar refractivity (Wildman–Crippen MR) is 59.6 cm³/mol. The maximum atomic E-state index is 11.8. The Labute approximate surface area is 90.3 Å². The number of aryl methyl sites for hydroxylation is 1. The molecule has 82 valence electrons. The topological polar surface area (TPSA) is 71.9 Å². The number of carbonyl (C=O) groups is 1. The molecule has 0 saturated carbocycles. The summed E-state index contributed by atoms with van der Waals surface area (Å²) in [6.45, 7) is 1.65. The molecule has 5 heteroatoms. The molecule has 0 atom stereocenters. The highest BCUT2D eigenvalue weighted by Crippen LogP contribution is 2.07. The van der Waals surface area contributed by atoms with E-state index >= 15 is 0 Å². The maximum Gasteiger partial charge on any atom is 0.329 e. The number of H-pyrrole nitrogens is 1. The van der Waals surface area contributed by atoms with Gasteiger partial charge in [-0.05, 0) is 24.6 Å². The molecule has 1 aromatic carbocycles. The largest absolute Gasteiger partial charge is 0.329 e. The number of carbonyl (C=O) groups excluding carboxylic acids is 1. The zero-order chi connectivity index (χ0) is 11.7. The molecule has 5 nitrogen and oxygen atoms in total. The lowest BCUT2D eigenvalue weighted by molar-refractivity contribution is -0.108. The molecule has 0 spiro atoms. The Morgan fingerprint density at radius 1 is 1.38 bits per heavy atom. The summed E-state index contributed by atoms with van der Waals surface area (Å²) in [5.74, 6) is 0. The van der Waals surface area contributed by atoms with Crippen LogP contribution in [0.5, 0.6) is 0 Å². The van der Waals surface area contributed by atoms with Crippen LogP contribution in [0, 0.1) is 6.92 Å². The second kappa shape index (κ2) is 3.77. The minimum atomic E-state index is -0.560. The van der Waals surface area contributed by atoms with Gasteiger partial charge in [0.25, 0.3) is 5.56 Å². The van der Waals surface area contributed by atoms with Gasteiger partial charge >= 0.3 is 5.69 Å². The molecule has 2 aromatic rings. The van der Waals surface area contributed by atoms with Crippen molar-refractivity contribution in [1.29, 1.82) is 0 Å². The van der Waals surface area contributed by atoms with Crippen LogP contribution in [-0.4, -0.2) is 15.8 Å². The fourth-order valence-corrected chi connectivity index (χ4v) is 1.61. The average Bonchev–Trinajstić information content (AvgIpc) is 2.23. The van der Waals surface area contributed by atoms with Crippen LogP contribution in [0.15, 0.2) is 27.8 Å². The number of nitrogens with zero attached hydrogens (tertiary/aromatic N) is 1. The van der Waals surface area contributed by atoms with Crippen LogP contribution >= 0.6 is 0 Å². The average molecular weight is 218 g/mol. The first-order valence-corrected chi connectivity index (χ1v) is 4.80. The zero-order valence-corrected chi connectivity index (χ0v) is 8.69. The van der Waals surface area contributed by atoms with E-state index in [1.54, 1.807) is 18.2 Å². The Balaban J connectivity index is 2.89. The van der Waals surface area contributed by atoms with Crippen molar-refractivity contribution < 1.29 is 4.79 Å². The van der Waals surface area contributed by atoms with Crippen molar-refractivity contribution in [3.05, 3.63) is 44.6 Å². The Morgan fingerprint density at radius 2 is 2.12 bits per heavy atom. The molecule has 0 unspecified atom stereocenters. The van der Waals surface area contributed by atoms with Crippen molar-refractivity contribution in [2.75, 3.05) is 0 Å². The summed E-state index contributed by atoms with van der Waals surface area (Å²) in [5, 5.41) is 0.409. The molecule has 0 fully saturated rings. The minimum absolute atomic E-state index is 0.224. The van der Waals surface area contributed by atoms with Crippen LogP contribution in [0.25, 0.3) is 10.9 Å². The monoisotopic (exact) mass is 218 g/mol. The van der Waals surface area contributed by atoms with Crippen LogP contribution in [0.4, 0.5) is 0 Å². The van der Waals surface area contributed by atoms with Gasteiger partial charge in [0.2, 0.25) is 0 Å². The third kappa shape index (κ3) is 1.56. The quantitative estimate of drug-likeness (QED) is 0.732. The van der Waals surface area contributed by atoms with E-state index in [0.29, 0.717) is 17.2 Å². The molecule has 0 aliphatic heterocycles. The van der Waals surface area contributed by atoms with E-state index < -0.39 is 11.2 Å². The van der Waals surface area contributed by atoms with Crippen LogP contribution in [-0.2, 0) is 11.3 Å². The smallest absolute Gasteiger partial charge is 0.307 e. The number of rotatable bonds is 2. The summed E-state index contributed by atoms with van der Waals surface area (Å²) >= 11 is 0. The lowest BCUT2D eigenvalue weighted by Crippen LogP contribution is -2.35. The highest BCUT2D eigenvalue weighted by atomic mass is 16.2. The lowest BCUT2D eigenvalue weighted by Gasteiger charge is -2.03. The number of nitrogens with one attached hydrogen (secondary N) is 1. The summed E-state index contributed by atoms with van der Waals surface area (Å²) in [6.07, 6.45) is 0.524. The lowest BCUT2D eigenvalue weighted by atomic mass is 10.2. The Hall–Kier alpha value is -2.17. The predicted octanol–water partition coefficient (Wildman–Crippen LogP) is 0.197. The number of aromatic amines is 1. The molecular formula is C11H10N2O3. The number of aromatic nitrogens is 2. The van der Waals surface area contributed by atoms with Gasteiger partial charge in [-0.25, -0.2) is 4.79 Å². The molecule has 0 saturated heterocycles. The molecule has 0 aliphatic carbocycles. The number of aldehydes is 1. The number of hydrogen-bond donors (Lipinski definition) is 1. The van der Waals surface area contributed by atoms with Crippen LogP contribution in [0.2, 0.25) is 0 Å². The van der Waals surface area contributed by atoms with Crippen molar-refractivity contribution in [3.8, 4) is 0 Å². The van der Waals surface area contributed by atoms with Gasteiger partial charge in [-0.15, -0.1) is 0 Å². The molecule has 1 aromatic heterocycles. The number of benzene rings is 1. The third-order valence-electron chi connectivity index (χ3n) is 2.39. The van der Waals surface area contributed by atoms with Crippen molar-refractivity contribution in [2.45, 2.75) is 13.5 Å². The van der Waals surface area contributed by atoms with E-state index in [-0.39, 0.29) is 6.54 Å². The van der Waals surface area contributed by atoms with Gasteiger partial charge in [0, 0.05) is 0 Å². The molecule has 0 bridgehead atoms. The highest BCUT2D eigenvalue weighted by molar-refractivity contribution is 5.78. The number of fused-ring (bicyclic) bond motifs is 1. The second-order valence-electron chi connectivity index (χ2n) is 3.56. The first kappa shape index (κ1) is 10.4. The maximum absolute atomic E-state index is 11.8. The summed E-state index contributed by atoms with van der Waals surface area (Å²) in [7, 11) is 0. The first-order chi connectivity index (χ1) is 7.63. The molecule has 1 heterocycles. The third-order valence-corrected chi connectivity index (χ3v) is 2.39. The normalized spacial score (nSPS) is 10.6. The zero-order valence-electron chi connectivity index (χ0n) is 8.69. The first-order valence-electron chi connectivity index (χ1n) is 4.80. The summed E-state index contributed by atoms with van der Waals surface area (Å²) in [6, 6.07) is 5.15. The Kier molecular flexibility index (Phi) is 2.44. The standard InChI is InChI=1S/C11H10N2O3/c1-7-2-3-8-9(6-7)12-11(16)13(4-5-14)10(8)15/h2-3,5-6H,4H2,1H3,(H,12,16). The fourth-order valence-electron chi connectivity index (χ4n) is 1.61. The Bertz CT molecular complexity index is 667. The van der Waals surface area contributed by atoms with Crippen molar-refractivity contribution in [3.63, 3.8) is 0 Å². The van der Waals surface area contributed by atoms with Gasteiger partial charge < -0.3 is 9.78 Å². The number of hydrogen-bond acceptors (Lipinski definition) is 3. The van der Waals surface area contributed by atoms with Crippen molar-refractivity contribution >= 4 is 17.2 Å². The van der Waals surface area contributed by atoms with E-state index in [4.69, 9.17) is 0 Å². The van der Waals surface area contributed by atoms with Gasteiger partial charge in [-0.2, -0.15) is 0 Å². The van der Waals surface area contributed by atoms with Crippen molar-refractivity contribution in [1.82, 2.24) is 9.55 Å². The SMILES string of the molecule is Cc1ccc2c(=O)n(CC=O)c(=O)[nH]c2c1. The van der Waals surface area contributed by atoms with E-state index in [1.165, 1.54) is 0 Å². The fraction of sp³-hybridized carbons (Fsp3) is 0.182. The van der Waals surface area contributed by atoms with Gasteiger partial charge in [0.1, 0.15) is 6.29 Å². The molecule has 16 heavy (non-hydrogen) atoms. The molecule has 0 aliphatic rings. The van der Waals surface area contributed by atoms with Crippen molar-refractivity contribution in [2.24, 2.45) is 0 Å². The molecule has 1 N–H and O–H groups in total. The van der Waals surface area contributed by atoms with E-state index in [2.05, 4.69) is 4.98 Å². The van der Waals surface area contributed by atoms with E-state index in [1.807, 2.05) is 6.92 Å². The molecule has 0 amide bonds. The van der Waals surface area contributed by atoms with E-state index in [9.17, 15) is 14.4 Å². The van der Waals surface area contributed by atoms with Gasteiger partial charge in [-0.1, -0.05) is 6.07 Å².